The van der Waals surface area contributed by atoms with Crippen LogP contribution in [0.4, 0.5) is 0 Å². The zero-order chi connectivity index (χ0) is 13.1. The van der Waals surface area contributed by atoms with E-state index in [-0.39, 0.29) is 0 Å². The Kier molecular flexibility index (Phi) is 4.68. The molecular formula is C15H22BrNO. The van der Waals surface area contributed by atoms with Gasteiger partial charge in [0.15, 0.2) is 0 Å². The Morgan fingerprint density at radius 1 is 1.39 bits per heavy atom. The van der Waals surface area contributed by atoms with Crippen molar-refractivity contribution in [3.63, 3.8) is 0 Å². The Morgan fingerprint density at radius 3 is 2.78 bits per heavy atom. The average Bonchev–Trinajstić information content (AvgIpc) is 2.33. The number of methoxy groups -OCH3 is 1. The second kappa shape index (κ2) is 6.07. The highest BCUT2D eigenvalue weighted by Crippen LogP contribution is 2.28. The molecule has 1 saturated heterocycles. The van der Waals surface area contributed by atoms with Crippen LogP contribution in [-0.2, 0) is 6.54 Å². The molecule has 18 heavy (non-hydrogen) atoms. The molecule has 0 amide bonds. The molecule has 2 rings (SSSR count). The van der Waals surface area contributed by atoms with E-state index in [9.17, 15) is 0 Å². The molecule has 0 aromatic heterocycles. The van der Waals surface area contributed by atoms with Gasteiger partial charge in [-0.1, -0.05) is 13.0 Å². The summed E-state index contributed by atoms with van der Waals surface area (Å²) in [5, 5.41) is 0. The van der Waals surface area contributed by atoms with Crippen molar-refractivity contribution in [1.29, 1.82) is 0 Å². The second-order valence-electron chi connectivity index (χ2n) is 5.42. The molecule has 1 aromatic rings. The summed E-state index contributed by atoms with van der Waals surface area (Å²) in [6.07, 6.45) is 2.64. The van der Waals surface area contributed by atoms with Gasteiger partial charge in [-0.3, -0.25) is 4.90 Å². The van der Waals surface area contributed by atoms with Gasteiger partial charge in [-0.15, -0.1) is 0 Å². The van der Waals surface area contributed by atoms with Gasteiger partial charge in [0.1, 0.15) is 5.75 Å². The number of likely N-dealkylation sites (tertiary alicyclic amines) is 1. The molecule has 0 saturated carbocycles. The van der Waals surface area contributed by atoms with Gasteiger partial charge in [-0.2, -0.15) is 0 Å². The van der Waals surface area contributed by atoms with Gasteiger partial charge in [0.25, 0.3) is 0 Å². The van der Waals surface area contributed by atoms with Crippen LogP contribution < -0.4 is 4.74 Å². The number of piperidine rings is 1. The van der Waals surface area contributed by atoms with Gasteiger partial charge in [-0.05, 0) is 65.9 Å². The predicted molar refractivity (Wildman–Crippen MR) is 79.0 cm³/mol. The standard InChI is InChI=1S/C15H22BrNO/c1-11-6-7-17(12(2)8-11)10-13-4-5-15(18-3)14(16)9-13/h4-5,9,11-12H,6-8,10H2,1-3H3. The maximum atomic E-state index is 5.26. The molecule has 0 N–H and O–H groups in total. The first-order valence-electron chi connectivity index (χ1n) is 6.66. The van der Waals surface area contributed by atoms with Crippen LogP contribution in [0.1, 0.15) is 32.3 Å². The predicted octanol–water partition coefficient (Wildman–Crippen LogP) is 4.08. The van der Waals surface area contributed by atoms with Crippen LogP contribution in [0, 0.1) is 5.92 Å². The third-order valence-corrected chi connectivity index (χ3v) is 4.50. The minimum Gasteiger partial charge on any atom is -0.496 e. The highest BCUT2D eigenvalue weighted by molar-refractivity contribution is 9.10. The number of rotatable bonds is 3. The zero-order valence-corrected chi connectivity index (χ0v) is 13.0. The fourth-order valence-electron chi connectivity index (χ4n) is 2.73. The van der Waals surface area contributed by atoms with Crippen molar-refractivity contribution in [2.24, 2.45) is 5.92 Å². The SMILES string of the molecule is COc1ccc(CN2CCC(C)CC2C)cc1Br. The molecule has 2 unspecified atom stereocenters. The van der Waals surface area contributed by atoms with E-state index < -0.39 is 0 Å². The summed E-state index contributed by atoms with van der Waals surface area (Å²) in [6, 6.07) is 7.06. The second-order valence-corrected chi connectivity index (χ2v) is 6.27. The fourth-order valence-corrected chi connectivity index (χ4v) is 3.32. The maximum Gasteiger partial charge on any atom is 0.133 e. The number of benzene rings is 1. The molecule has 1 aromatic carbocycles. The van der Waals surface area contributed by atoms with E-state index >= 15 is 0 Å². The molecule has 0 bridgehead atoms. The highest BCUT2D eigenvalue weighted by atomic mass is 79.9. The summed E-state index contributed by atoms with van der Waals surface area (Å²) in [5.41, 5.74) is 1.35. The number of nitrogens with zero attached hydrogens (tertiary/aromatic N) is 1. The minimum atomic E-state index is 0.689. The van der Waals surface area contributed by atoms with E-state index in [1.807, 2.05) is 6.07 Å². The average molecular weight is 312 g/mol. The van der Waals surface area contributed by atoms with Crippen LogP contribution in [0.15, 0.2) is 22.7 Å². The molecule has 100 valence electrons. The number of hydrogen-bond acceptors (Lipinski definition) is 2. The van der Waals surface area contributed by atoms with Crippen molar-refractivity contribution < 1.29 is 4.74 Å². The molecule has 0 aliphatic carbocycles. The largest absolute Gasteiger partial charge is 0.496 e. The first-order valence-corrected chi connectivity index (χ1v) is 7.46. The molecule has 1 aliphatic heterocycles. The molecule has 2 nitrogen and oxygen atoms in total. The summed E-state index contributed by atoms with van der Waals surface area (Å²) < 4.78 is 6.31. The van der Waals surface area contributed by atoms with E-state index in [1.165, 1.54) is 24.9 Å². The summed E-state index contributed by atoms with van der Waals surface area (Å²) >= 11 is 3.55. The van der Waals surface area contributed by atoms with Gasteiger partial charge in [0.2, 0.25) is 0 Å². The fraction of sp³-hybridized carbons (Fsp3) is 0.600. The van der Waals surface area contributed by atoms with E-state index in [1.54, 1.807) is 7.11 Å². The summed E-state index contributed by atoms with van der Waals surface area (Å²) in [6.45, 7) is 6.95. The Morgan fingerprint density at radius 2 is 2.17 bits per heavy atom. The summed E-state index contributed by atoms with van der Waals surface area (Å²) in [4.78, 5) is 2.58. The normalized spacial score (nSPS) is 25.1. The lowest BCUT2D eigenvalue weighted by Crippen LogP contribution is -2.39. The summed E-state index contributed by atoms with van der Waals surface area (Å²) in [7, 11) is 1.70. The van der Waals surface area contributed by atoms with Crippen LogP contribution in [0.5, 0.6) is 5.75 Å². The van der Waals surface area contributed by atoms with Gasteiger partial charge in [-0.25, -0.2) is 0 Å². The van der Waals surface area contributed by atoms with Gasteiger partial charge < -0.3 is 4.74 Å². The van der Waals surface area contributed by atoms with Crippen LogP contribution in [0.2, 0.25) is 0 Å². The number of hydrogen-bond donors (Lipinski definition) is 0. The summed E-state index contributed by atoms with van der Waals surface area (Å²) in [5.74, 6) is 1.78. The van der Waals surface area contributed by atoms with Crippen molar-refractivity contribution in [2.75, 3.05) is 13.7 Å². The first-order chi connectivity index (χ1) is 8.60. The van der Waals surface area contributed by atoms with Crippen molar-refractivity contribution in [2.45, 2.75) is 39.3 Å². The molecule has 1 heterocycles. The number of halogens is 1. The van der Waals surface area contributed by atoms with Crippen LogP contribution >= 0.6 is 15.9 Å². The lowest BCUT2D eigenvalue weighted by molar-refractivity contribution is 0.122. The highest BCUT2D eigenvalue weighted by Gasteiger charge is 2.22. The van der Waals surface area contributed by atoms with Crippen molar-refractivity contribution >= 4 is 15.9 Å². The number of ether oxygens (including phenoxy) is 1. The Labute approximate surface area is 118 Å². The zero-order valence-electron chi connectivity index (χ0n) is 11.4. The smallest absolute Gasteiger partial charge is 0.133 e. The first kappa shape index (κ1) is 13.9. The molecule has 2 atom stereocenters. The quantitative estimate of drug-likeness (QED) is 0.834. The lowest BCUT2D eigenvalue weighted by atomic mass is 9.93. The Bertz CT molecular complexity index is 407. The molecular weight excluding hydrogens is 290 g/mol. The molecule has 3 heteroatoms. The maximum absolute atomic E-state index is 5.26. The van der Waals surface area contributed by atoms with E-state index in [0.717, 1.165) is 22.7 Å². The van der Waals surface area contributed by atoms with E-state index in [4.69, 9.17) is 4.74 Å². The van der Waals surface area contributed by atoms with Crippen LogP contribution in [0.25, 0.3) is 0 Å². The van der Waals surface area contributed by atoms with Crippen LogP contribution in [0.3, 0.4) is 0 Å². The van der Waals surface area contributed by atoms with E-state index in [0.29, 0.717) is 6.04 Å². The molecule has 1 fully saturated rings. The van der Waals surface area contributed by atoms with Gasteiger partial charge in [0.05, 0.1) is 11.6 Å². The van der Waals surface area contributed by atoms with Crippen molar-refractivity contribution in [1.82, 2.24) is 4.90 Å². The van der Waals surface area contributed by atoms with E-state index in [2.05, 4.69) is 46.8 Å². The van der Waals surface area contributed by atoms with Crippen LogP contribution in [-0.4, -0.2) is 24.6 Å². The molecule has 1 aliphatic rings. The van der Waals surface area contributed by atoms with Gasteiger partial charge in [0, 0.05) is 12.6 Å². The topological polar surface area (TPSA) is 12.5 Å². The molecule has 0 radical (unpaired) electrons. The Balaban J connectivity index is 2.03. The Hall–Kier alpha value is -0.540. The molecule has 0 spiro atoms. The lowest BCUT2D eigenvalue weighted by Gasteiger charge is -2.36. The monoisotopic (exact) mass is 311 g/mol. The van der Waals surface area contributed by atoms with Crippen molar-refractivity contribution in [3.05, 3.63) is 28.2 Å². The van der Waals surface area contributed by atoms with Gasteiger partial charge >= 0.3 is 0 Å². The third kappa shape index (κ3) is 3.27. The van der Waals surface area contributed by atoms with Crippen molar-refractivity contribution in [3.8, 4) is 5.75 Å². The third-order valence-electron chi connectivity index (χ3n) is 3.88. The minimum absolute atomic E-state index is 0.689.